The smallest absolute Gasteiger partial charge is 0.289 e. The fourth-order valence-electron chi connectivity index (χ4n) is 4.29. The Balaban J connectivity index is 1.65. The zero-order valence-electron chi connectivity index (χ0n) is 24.1. The maximum atomic E-state index is 13.3. The lowest BCUT2D eigenvalue weighted by molar-refractivity contribution is -0.140. The summed E-state index contributed by atoms with van der Waals surface area (Å²) in [7, 11) is 0. The Labute approximate surface area is 246 Å². The molecule has 0 radical (unpaired) electrons. The average molecular weight is 571 g/mol. The van der Waals surface area contributed by atoms with Gasteiger partial charge in [0.1, 0.15) is 12.1 Å². The first-order valence-electron chi connectivity index (χ1n) is 14.0. The predicted molar refractivity (Wildman–Crippen MR) is 160 cm³/mol. The second kappa shape index (κ2) is 15.9. The monoisotopic (exact) mass is 570 g/mol. The fourth-order valence-corrected chi connectivity index (χ4v) is 4.29. The first-order valence-corrected chi connectivity index (χ1v) is 14.0. The van der Waals surface area contributed by atoms with E-state index in [1.54, 1.807) is 30.3 Å². The van der Waals surface area contributed by atoms with Crippen LogP contribution in [0.1, 0.15) is 48.7 Å². The van der Waals surface area contributed by atoms with Gasteiger partial charge in [-0.2, -0.15) is 0 Å². The van der Waals surface area contributed by atoms with Crippen molar-refractivity contribution in [3.05, 3.63) is 108 Å². The minimum atomic E-state index is -1.06. The van der Waals surface area contributed by atoms with E-state index in [2.05, 4.69) is 21.3 Å². The Hall–Kier alpha value is -4.79. The fraction of sp³-hybridized carbons (Fsp3) is 0.303. The van der Waals surface area contributed by atoms with E-state index in [1.165, 1.54) is 6.92 Å². The summed E-state index contributed by atoms with van der Waals surface area (Å²) in [4.78, 5) is 64.9. The van der Waals surface area contributed by atoms with Crippen LogP contribution in [-0.4, -0.2) is 47.5 Å². The Morgan fingerprint density at radius 3 is 1.74 bits per heavy atom. The third-order valence-corrected chi connectivity index (χ3v) is 6.55. The number of rotatable bonds is 14. The minimum Gasteiger partial charge on any atom is -0.345 e. The van der Waals surface area contributed by atoms with Crippen LogP contribution < -0.4 is 21.3 Å². The van der Waals surface area contributed by atoms with E-state index in [0.29, 0.717) is 5.56 Å². The second-order valence-corrected chi connectivity index (χ2v) is 10.5. The molecule has 0 heterocycles. The minimum absolute atomic E-state index is 0.00882. The van der Waals surface area contributed by atoms with E-state index < -0.39 is 47.5 Å². The van der Waals surface area contributed by atoms with E-state index in [1.807, 2.05) is 74.5 Å². The SMILES string of the molecule is CC(C)CC(NC(=O)C(C)NC(=O)C(Cc1ccccc1)NC(=O)c1ccccc1)C(=O)C(=O)NCc1ccccc1. The van der Waals surface area contributed by atoms with Gasteiger partial charge in [-0.15, -0.1) is 0 Å². The summed E-state index contributed by atoms with van der Waals surface area (Å²) < 4.78 is 0. The highest BCUT2D eigenvalue weighted by molar-refractivity contribution is 6.38. The lowest BCUT2D eigenvalue weighted by Crippen LogP contribution is -2.56. The van der Waals surface area contributed by atoms with Crippen LogP contribution in [0.15, 0.2) is 91.0 Å². The molecule has 220 valence electrons. The van der Waals surface area contributed by atoms with Gasteiger partial charge >= 0.3 is 0 Å². The second-order valence-electron chi connectivity index (χ2n) is 10.5. The van der Waals surface area contributed by atoms with E-state index in [4.69, 9.17) is 0 Å². The summed E-state index contributed by atoms with van der Waals surface area (Å²) in [6.07, 6.45) is 0.448. The molecule has 0 saturated heterocycles. The van der Waals surface area contributed by atoms with Gasteiger partial charge in [0.15, 0.2) is 0 Å². The standard InChI is InChI=1S/C33H38N4O5/c1-22(2)19-27(29(38)33(42)34-21-25-15-9-5-10-16-25)36-30(39)23(3)35-32(41)28(20-24-13-7-4-8-14-24)37-31(40)26-17-11-6-12-18-26/h4-18,22-23,27-28H,19-21H2,1-3H3,(H,34,42)(H,35,41)(H,36,39)(H,37,40). The molecule has 3 atom stereocenters. The van der Waals surface area contributed by atoms with Gasteiger partial charge in [0.25, 0.3) is 11.8 Å². The zero-order valence-corrected chi connectivity index (χ0v) is 24.1. The van der Waals surface area contributed by atoms with E-state index in [-0.39, 0.29) is 25.3 Å². The van der Waals surface area contributed by atoms with E-state index in [9.17, 15) is 24.0 Å². The number of carbonyl (C=O) groups is 5. The molecule has 3 aromatic carbocycles. The van der Waals surface area contributed by atoms with Crippen LogP contribution in [0.3, 0.4) is 0 Å². The van der Waals surface area contributed by atoms with Gasteiger partial charge in [0, 0.05) is 18.5 Å². The number of hydrogen-bond donors (Lipinski definition) is 4. The van der Waals surface area contributed by atoms with Crippen LogP contribution in [0.2, 0.25) is 0 Å². The topological polar surface area (TPSA) is 133 Å². The normalized spacial score (nSPS) is 12.9. The van der Waals surface area contributed by atoms with Gasteiger partial charge in [-0.3, -0.25) is 24.0 Å². The molecule has 0 saturated carbocycles. The number of hydrogen-bond acceptors (Lipinski definition) is 5. The molecule has 42 heavy (non-hydrogen) atoms. The number of Topliss-reactive ketones (excluding diaryl/α,β-unsaturated/α-hetero) is 1. The quantitative estimate of drug-likeness (QED) is 0.221. The van der Waals surface area contributed by atoms with Gasteiger partial charge < -0.3 is 21.3 Å². The van der Waals surface area contributed by atoms with Crippen molar-refractivity contribution in [1.82, 2.24) is 21.3 Å². The largest absolute Gasteiger partial charge is 0.345 e. The maximum absolute atomic E-state index is 13.3. The molecule has 4 N–H and O–H groups in total. The van der Waals surface area contributed by atoms with Crippen molar-refractivity contribution in [1.29, 1.82) is 0 Å². The molecule has 3 unspecified atom stereocenters. The van der Waals surface area contributed by atoms with Crippen molar-refractivity contribution in [2.75, 3.05) is 0 Å². The Bertz CT molecular complexity index is 1350. The van der Waals surface area contributed by atoms with E-state index in [0.717, 1.165) is 11.1 Å². The van der Waals surface area contributed by atoms with Gasteiger partial charge in [0.2, 0.25) is 17.6 Å². The highest BCUT2D eigenvalue weighted by atomic mass is 16.2. The molecule has 0 bridgehead atoms. The molecular weight excluding hydrogens is 532 g/mol. The van der Waals surface area contributed by atoms with Crippen LogP contribution in [0.25, 0.3) is 0 Å². The molecule has 9 heteroatoms. The summed E-state index contributed by atoms with van der Waals surface area (Å²) >= 11 is 0. The lowest BCUT2D eigenvalue weighted by Gasteiger charge is -2.24. The molecule has 0 spiro atoms. The highest BCUT2D eigenvalue weighted by Gasteiger charge is 2.30. The van der Waals surface area contributed by atoms with Crippen LogP contribution in [-0.2, 0) is 32.1 Å². The molecule has 3 rings (SSSR count). The van der Waals surface area contributed by atoms with Crippen LogP contribution in [0.4, 0.5) is 0 Å². The predicted octanol–water partition coefficient (Wildman–Crippen LogP) is 2.95. The number of nitrogens with one attached hydrogen (secondary N) is 4. The first-order chi connectivity index (χ1) is 20.1. The molecule has 9 nitrogen and oxygen atoms in total. The van der Waals surface area contributed by atoms with Crippen molar-refractivity contribution in [2.24, 2.45) is 5.92 Å². The Morgan fingerprint density at radius 1 is 0.619 bits per heavy atom. The number of amides is 4. The van der Waals surface area contributed by atoms with Gasteiger partial charge in [0.05, 0.1) is 6.04 Å². The molecule has 0 fully saturated rings. The molecule has 3 aromatic rings. The van der Waals surface area contributed by atoms with Crippen molar-refractivity contribution in [3.63, 3.8) is 0 Å². The lowest BCUT2D eigenvalue weighted by atomic mass is 9.99. The molecule has 0 aliphatic carbocycles. The number of benzene rings is 3. The Morgan fingerprint density at radius 2 is 1.17 bits per heavy atom. The van der Waals surface area contributed by atoms with Gasteiger partial charge in [-0.05, 0) is 42.5 Å². The average Bonchev–Trinajstić information content (AvgIpc) is 2.99. The summed E-state index contributed by atoms with van der Waals surface area (Å²) in [6, 6.07) is 23.8. The van der Waals surface area contributed by atoms with Crippen LogP contribution in [0, 0.1) is 5.92 Å². The maximum Gasteiger partial charge on any atom is 0.289 e. The third-order valence-electron chi connectivity index (χ3n) is 6.55. The van der Waals surface area contributed by atoms with Crippen molar-refractivity contribution >= 4 is 29.4 Å². The molecule has 0 aliphatic rings. The number of carbonyl (C=O) groups excluding carboxylic acids is 5. The molecule has 0 aromatic heterocycles. The van der Waals surface area contributed by atoms with Crippen molar-refractivity contribution in [3.8, 4) is 0 Å². The van der Waals surface area contributed by atoms with Crippen LogP contribution in [0.5, 0.6) is 0 Å². The summed E-state index contributed by atoms with van der Waals surface area (Å²) in [5, 5.41) is 10.7. The van der Waals surface area contributed by atoms with Crippen LogP contribution >= 0.6 is 0 Å². The van der Waals surface area contributed by atoms with Crippen molar-refractivity contribution < 1.29 is 24.0 Å². The zero-order chi connectivity index (χ0) is 30.5. The van der Waals surface area contributed by atoms with Gasteiger partial charge in [-0.25, -0.2) is 0 Å². The van der Waals surface area contributed by atoms with Crippen molar-refractivity contribution in [2.45, 2.75) is 58.3 Å². The number of ketones is 1. The molecule has 4 amide bonds. The van der Waals surface area contributed by atoms with E-state index >= 15 is 0 Å². The summed E-state index contributed by atoms with van der Waals surface area (Å²) in [6.45, 7) is 5.42. The summed E-state index contributed by atoms with van der Waals surface area (Å²) in [5.74, 6) is -3.15. The summed E-state index contributed by atoms with van der Waals surface area (Å²) in [5.41, 5.74) is 2.06. The first kappa shape index (κ1) is 31.7. The molecular formula is C33H38N4O5. The third kappa shape index (κ3) is 9.99. The Kier molecular flexibility index (Phi) is 12.0. The highest BCUT2D eigenvalue weighted by Crippen LogP contribution is 2.09. The van der Waals surface area contributed by atoms with Gasteiger partial charge in [-0.1, -0.05) is 92.7 Å². The molecule has 0 aliphatic heterocycles.